The van der Waals surface area contributed by atoms with Crippen molar-refractivity contribution in [2.45, 2.75) is 106 Å². The van der Waals surface area contributed by atoms with Crippen molar-refractivity contribution < 1.29 is 63.2 Å². The molecule has 88 heavy (non-hydrogen) atoms. The molecule has 0 saturated carbocycles. The van der Waals surface area contributed by atoms with Crippen LogP contribution in [0, 0.1) is 0 Å². The van der Waals surface area contributed by atoms with Gasteiger partial charge in [0.2, 0.25) is 47.3 Å². The van der Waals surface area contributed by atoms with E-state index in [2.05, 4.69) is 47.9 Å². The number of hydrogen-bond donors (Lipinski definition) is 15. The summed E-state index contributed by atoms with van der Waals surface area (Å²) < 4.78 is 5.18. The van der Waals surface area contributed by atoms with Crippen molar-refractivity contribution in [2.24, 2.45) is 17.2 Å². The van der Waals surface area contributed by atoms with Gasteiger partial charge in [0.1, 0.15) is 59.5 Å². The Hall–Kier alpha value is -8.60. The van der Waals surface area contributed by atoms with E-state index in [-0.39, 0.29) is 68.1 Å². The van der Waals surface area contributed by atoms with Crippen molar-refractivity contribution in [3.63, 3.8) is 0 Å². The van der Waals surface area contributed by atoms with Crippen LogP contribution in [-0.4, -0.2) is 148 Å². The topological polar surface area (TPSA) is 410 Å². The van der Waals surface area contributed by atoms with Crippen LogP contribution < -0.4 is 69.8 Å². The number of amides is 10. The summed E-state index contributed by atoms with van der Waals surface area (Å²) in [5.41, 5.74) is 20.9. The number of nitrogens with two attached hydrogens (primary N) is 3. The second-order valence-electron chi connectivity index (χ2n) is 20.7. The van der Waals surface area contributed by atoms with Crippen molar-refractivity contribution in [2.75, 3.05) is 35.8 Å². The Balaban J connectivity index is 1.37. The van der Waals surface area contributed by atoms with Crippen molar-refractivity contribution in [3.05, 3.63) is 149 Å². The van der Waals surface area contributed by atoms with Crippen LogP contribution in [0.15, 0.2) is 121 Å². The van der Waals surface area contributed by atoms with Gasteiger partial charge >= 0.3 is 6.03 Å². The average molecular weight is 1270 g/mol. The van der Waals surface area contributed by atoms with Crippen LogP contribution in [-0.2, 0) is 64.0 Å². The summed E-state index contributed by atoms with van der Waals surface area (Å²) in [5.74, 6) is -7.51. The lowest BCUT2D eigenvalue weighted by molar-refractivity contribution is -0.136. The molecule has 0 aliphatic carbocycles. The third-order valence-corrected chi connectivity index (χ3v) is 16.5. The summed E-state index contributed by atoms with van der Waals surface area (Å²) in [4.78, 5) is 127. The van der Waals surface area contributed by atoms with Gasteiger partial charge in [0.05, 0.1) is 19.3 Å². The van der Waals surface area contributed by atoms with Crippen LogP contribution in [0.5, 0.6) is 17.2 Å². The molecule has 0 aromatic heterocycles. The van der Waals surface area contributed by atoms with E-state index in [4.69, 9.17) is 33.5 Å². The predicted octanol–water partition coefficient (Wildman–Crippen LogP) is 1.79. The lowest BCUT2D eigenvalue weighted by atomic mass is 10.0. The number of carbonyl (C=O) groups is 9. The quantitative estimate of drug-likeness (QED) is 0.0368. The maximum Gasteiger partial charge on any atom is 0.323 e. The van der Waals surface area contributed by atoms with E-state index < -0.39 is 108 Å². The molecule has 470 valence electrons. The summed E-state index contributed by atoms with van der Waals surface area (Å²) in [6.07, 6.45) is -1.63. The van der Waals surface area contributed by atoms with Gasteiger partial charge in [0.25, 0.3) is 0 Å². The zero-order valence-electron chi connectivity index (χ0n) is 48.2. The van der Waals surface area contributed by atoms with E-state index in [9.17, 15) is 58.5 Å². The molecule has 1 fully saturated rings. The van der Waals surface area contributed by atoms with Gasteiger partial charge in [-0.1, -0.05) is 81.7 Å². The second-order valence-corrected chi connectivity index (χ2v) is 23.7. The summed E-state index contributed by atoms with van der Waals surface area (Å²) in [6, 6.07) is 18.7. The molecule has 9 atom stereocenters. The van der Waals surface area contributed by atoms with Crippen molar-refractivity contribution in [3.8, 4) is 17.2 Å². The Bertz CT molecular complexity index is 3190. The van der Waals surface area contributed by atoms with Crippen LogP contribution in [0.1, 0.15) is 48.4 Å². The van der Waals surface area contributed by atoms with Gasteiger partial charge in [-0.3, -0.25) is 38.4 Å². The number of anilines is 2. The minimum atomic E-state index is -1.77. The molecule has 1 saturated heterocycles. The average Bonchev–Trinajstić information content (AvgIpc) is 3.25. The molecule has 10 amide bonds. The molecule has 5 aromatic rings. The van der Waals surface area contributed by atoms with Gasteiger partial charge in [-0.15, -0.1) is 0 Å². The maximum atomic E-state index is 14.9. The lowest BCUT2D eigenvalue weighted by Crippen LogP contribution is -2.62. The molecular formula is C60H73ClN12O13S2. The normalized spacial score (nSPS) is 20.0. The largest absolute Gasteiger partial charge is 0.508 e. The number of phenolic OH excluding ortho intramolecular Hbond substituents is 2. The number of primary amides is 1. The number of phenols is 2. The van der Waals surface area contributed by atoms with E-state index >= 15 is 0 Å². The Morgan fingerprint density at radius 2 is 1.12 bits per heavy atom. The lowest BCUT2D eigenvalue weighted by Gasteiger charge is -2.29. The van der Waals surface area contributed by atoms with E-state index in [0.29, 0.717) is 50.8 Å². The predicted molar refractivity (Wildman–Crippen MR) is 335 cm³/mol. The van der Waals surface area contributed by atoms with Crippen LogP contribution in [0.2, 0.25) is 5.02 Å². The molecule has 1 aliphatic rings. The van der Waals surface area contributed by atoms with Crippen LogP contribution >= 0.6 is 33.2 Å². The fourth-order valence-corrected chi connectivity index (χ4v) is 11.4. The zero-order chi connectivity index (χ0) is 63.9. The van der Waals surface area contributed by atoms with Gasteiger partial charge < -0.3 is 85.1 Å². The fraction of sp³-hybridized carbons (Fsp3) is 0.350. The van der Waals surface area contributed by atoms with E-state index in [1.54, 1.807) is 72.8 Å². The highest BCUT2D eigenvalue weighted by molar-refractivity contribution is 8.76. The first-order valence-electron chi connectivity index (χ1n) is 28.0. The summed E-state index contributed by atoms with van der Waals surface area (Å²) in [5, 5.41) is 55.5. The minimum absolute atomic E-state index is 0.0189. The molecule has 0 spiro atoms. The SMILES string of the molecule is COc1ccc(NC(=O)Nc2ccc(C[C@H]3NC(=O)[C@H](Cc4ccc(O)cc4)NC(=O)[C@H](NC(=O)[C@@H](N)Cc4ccc(Cl)cc4)CSSC[C@@H](C(=O)N[C@H](Cc4ccc(O)cc4)C(N)=O)NC(=O)[C@H]([C@@H](C)O)NC(=O)[C@H](CCCCN)NC3=O)cc2)cc1. The minimum Gasteiger partial charge on any atom is -0.508 e. The number of aromatic hydroxyl groups is 2. The molecule has 0 unspecified atom stereocenters. The van der Waals surface area contributed by atoms with E-state index in [1.165, 1.54) is 62.6 Å². The number of rotatable bonds is 21. The van der Waals surface area contributed by atoms with Crippen molar-refractivity contribution >= 4 is 97.9 Å². The highest BCUT2D eigenvalue weighted by Crippen LogP contribution is 2.25. The number of benzene rings is 5. The number of ether oxygens (including phenoxy) is 1. The molecule has 28 heteroatoms. The van der Waals surface area contributed by atoms with Gasteiger partial charge in [-0.25, -0.2) is 4.79 Å². The second kappa shape index (κ2) is 34.1. The van der Waals surface area contributed by atoms with Crippen LogP contribution in [0.25, 0.3) is 0 Å². The van der Waals surface area contributed by atoms with Gasteiger partial charge in [0, 0.05) is 47.2 Å². The third-order valence-electron chi connectivity index (χ3n) is 13.8. The molecule has 5 aromatic carbocycles. The summed E-state index contributed by atoms with van der Waals surface area (Å²) in [7, 11) is 3.41. The number of hydrogen-bond acceptors (Lipinski definition) is 17. The smallest absolute Gasteiger partial charge is 0.323 e. The van der Waals surface area contributed by atoms with Crippen molar-refractivity contribution in [1.82, 2.24) is 37.2 Å². The highest BCUT2D eigenvalue weighted by atomic mass is 35.5. The first-order chi connectivity index (χ1) is 42.1. The number of methoxy groups -OCH3 is 1. The number of unbranched alkanes of at least 4 members (excludes halogenated alkanes) is 1. The third kappa shape index (κ3) is 22.0. The number of aliphatic hydroxyl groups is 1. The maximum absolute atomic E-state index is 14.9. The summed E-state index contributed by atoms with van der Waals surface area (Å²) >= 11 is 6.09. The Kier molecular flexibility index (Phi) is 26.5. The Labute approximate surface area is 520 Å². The summed E-state index contributed by atoms with van der Waals surface area (Å²) in [6.45, 7) is 1.41. The molecular weight excluding hydrogens is 1200 g/mol. The Morgan fingerprint density at radius 3 is 1.67 bits per heavy atom. The molecule has 1 heterocycles. The number of halogens is 1. The molecule has 0 radical (unpaired) electrons. The number of urea groups is 1. The molecule has 1 aliphatic heterocycles. The van der Waals surface area contributed by atoms with Crippen molar-refractivity contribution in [1.29, 1.82) is 0 Å². The number of nitrogens with one attached hydrogen (secondary N) is 9. The first-order valence-corrected chi connectivity index (χ1v) is 30.9. The zero-order valence-corrected chi connectivity index (χ0v) is 50.6. The van der Waals surface area contributed by atoms with E-state index in [0.717, 1.165) is 21.6 Å². The fourth-order valence-electron chi connectivity index (χ4n) is 8.92. The monoisotopic (exact) mass is 1270 g/mol. The van der Waals surface area contributed by atoms with Crippen LogP contribution in [0.4, 0.5) is 16.2 Å². The highest BCUT2D eigenvalue weighted by Gasteiger charge is 2.37. The molecule has 18 N–H and O–H groups in total. The number of aliphatic hydroxyl groups excluding tert-OH is 1. The first kappa shape index (κ1) is 68.5. The Morgan fingerprint density at radius 1 is 0.636 bits per heavy atom. The molecule has 6 rings (SSSR count). The molecule has 0 bridgehead atoms. The molecule has 25 nitrogen and oxygen atoms in total. The number of carbonyl (C=O) groups excluding carboxylic acids is 9. The van der Waals surface area contributed by atoms with E-state index in [1.807, 2.05) is 0 Å². The standard InChI is InChI=1S/C60H73ClN12O13S2/c1-33(74)51-59(84)72-50(57(82)68-46(52(64)77)28-36-10-20-41(75)21-11-36)32-88-87-31-49(71-53(78)44(63)27-34-6-14-38(61)15-7-34)58(83)70-48(30-37-12-22-42(76)23-13-37)56(81)69-47(55(80)67-45(54(79)73-51)5-3-4-26-62)29-35-8-16-39(17-9-35)65-60(85)66-40-18-24-43(86-2)25-19-40/h6-25,33,44-51,74-76H,3-5,26-32,62-63H2,1-2H3,(H2,64,77)(H,67,80)(H,68,82)(H,69,81)(H,70,83)(H,71,78)(H,72,84)(H,73,79)(H2,65,66,85)/t33-,44+,45+,46-,47-,48+,49-,50+,51+/m1/s1. The van der Waals surface area contributed by atoms with Gasteiger partial charge in [-0.2, -0.15) is 0 Å². The van der Waals surface area contributed by atoms with Gasteiger partial charge in [0.15, 0.2) is 0 Å². The van der Waals surface area contributed by atoms with Crippen LogP contribution in [0.3, 0.4) is 0 Å². The van der Waals surface area contributed by atoms with Gasteiger partial charge in [-0.05, 0) is 134 Å².